The van der Waals surface area contributed by atoms with Gasteiger partial charge in [0.2, 0.25) is 0 Å². The van der Waals surface area contributed by atoms with E-state index in [-0.39, 0.29) is 24.0 Å². The van der Waals surface area contributed by atoms with Crippen molar-refractivity contribution in [2.24, 2.45) is 5.92 Å². The molecule has 0 saturated carbocycles. The molecule has 0 aromatic heterocycles. The van der Waals surface area contributed by atoms with E-state index < -0.39 is 0 Å². The van der Waals surface area contributed by atoms with E-state index in [0.29, 0.717) is 30.5 Å². The van der Waals surface area contributed by atoms with Crippen molar-refractivity contribution in [2.45, 2.75) is 32.9 Å². The fourth-order valence-electron chi connectivity index (χ4n) is 3.52. The van der Waals surface area contributed by atoms with Crippen LogP contribution in [0.5, 0.6) is 23.0 Å². The SMILES string of the molecule is COc1ccc(OC)c([C@@H](C)NC(=O)N[C@@H](c2ccc3c(c2)OCCO3)C(C)C)c1. The predicted molar refractivity (Wildman–Crippen MR) is 115 cm³/mol. The first-order valence-corrected chi connectivity index (χ1v) is 10.1. The van der Waals surface area contributed by atoms with E-state index in [4.69, 9.17) is 18.9 Å². The Hall–Kier alpha value is -3.09. The van der Waals surface area contributed by atoms with Crippen molar-refractivity contribution in [3.63, 3.8) is 0 Å². The molecular weight excluding hydrogens is 384 g/mol. The highest BCUT2D eigenvalue weighted by molar-refractivity contribution is 5.75. The monoisotopic (exact) mass is 414 g/mol. The minimum Gasteiger partial charge on any atom is -0.497 e. The molecular formula is C23H30N2O5. The lowest BCUT2D eigenvalue weighted by atomic mass is 9.95. The Labute approximate surface area is 177 Å². The standard InChI is InChI=1S/C23H30N2O5/c1-14(2)22(16-6-8-20-21(12-16)30-11-10-29-20)25-23(26)24-15(3)18-13-17(27-4)7-9-19(18)28-5/h6-9,12-15,22H,10-11H2,1-5H3,(H2,24,25,26)/t15-,22-/m1/s1. The highest BCUT2D eigenvalue weighted by Gasteiger charge is 2.23. The number of ether oxygens (including phenoxy) is 4. The summed E-state index contributed by atoms with van der Waals surface area (Å²) in [6.45, 7) is 7.11. The van der Waals surface area contributed by atoms with Crippen molar-refractivity contribution in [3.05, 3.63) is 47.5 Å². The van der Waals surface area contributed by atoms with Crippen molar-refractivity contribution in [2.75, 3.05) is 27.4 Å². The summed E-state index contributed by atoms with van der Waals surface area (Å²) in [5.74, 6) is 3.02. The lowest BCUT2D eigenvalue weighted by Crippen LogP contribution is -2.40. The number of carbonyl (C=O) groups excluding carboxylic acids is 1. The van der Waals surface area contributed by atoms with Crippen LogP contribution in [-0.4, -0.2) is 33.5 Å². The van der Waals surface area contributed by atoms with Gasteiger partial charge >= 0.3 is 6.03 Å². The second kappa shape index (κ2) is 9.61. The van der Waals surface area contributed by atoms with Crippen molar-refractivity contribution in [1.29, 1.82) is 0 Å². The summed E-state index contributed by atoms with van der Waals surface area (Å²) in [4.78, 5) is 12.8. The van der Waals surface area contributed by atoms with Gasteiger partial charge in [0.25, 0.3) is 0 Å². The summed E-state index contributed by atoms with van der Waals surface area (Å²) in [5.41, 5.74) is 1.81. The van der Waals surface area contributed by atoms with Crippen LogP contribution in [-0.2, 0) is 0 Å². The fraction of sp³-hybridized carbons (Fsp3) is 0.435. The van der Waals surface area contributed by atoms with E-state index in [9.17, 15) is 4.79 Å². The van der Waals surface area contributed by atoms with Crippen LogP contribution < -0.4 is 29.6 Å². The summed E-state index contributed by atoms with van der Waals surface area (Å²) >= 11 is 0. The molecule has 7 nitrogen and oxygen atoms in total. The van der Waals surface area contributed by atoms with Gasteiger partial charge in [-0.2, -0.15) is 0 Å². The van der Waals surface area contributed by atoms with Crippen LogP contribution >= 0.6 is 0 Å². The maximum absolute atomic E-state index is 12.8. The molecule has 0 spiro atoms. The maximum atomic E-state index is 12.8. The zero-order valence-corrected chi connectivity index (χ0v) is 18.2. The Balaban J connectivity index is 1.73. The summed E-state index contributed by atoms with van der Waals surface area (Å²) in [6, 6.07) is 10.6. The van der Waals surface area contributed by atoms with Crippen LogP contribution in [0.4, 0.5) is 4.79 Å². The molecule has 30 heavy (non-hydrogen) atoms. The van der Waals surface area contributed by atoms with Gasteiger partial charge in [-0.1, -0.05) is 19.9 Å². The number of carbonyl (C=O) groups is 1. The third-order valence-corrected chi connectivity index (χ3v) is 5.13. The smallest absolute Gasteiger partial charge is 0.315 e. The molecule has 0 fully saturated rings. The van der Waals surface area contributed by atoms with Crippen LogP contribution in [0, 0.1) is 5.92 Å². The third-order valence-electron chi connectivity index (χ3n) is 5.13. The third kappa shape index (κ3) is 4.90. The number of hydrogen-bond acceptors (Lipinski definition) is 5. The molecule has 1 heterocycles. The summed E-state index contributed by atoms with van der Waals surface area (Å²) in [6.07, 6.45) is 0. The number of methoxy groups -OCH3 is 2. The highest BCUT2D eigenvalue weighted by Crippen LogP contribution is 2.34. The highest BCUT2D eigenvalue weighted by atomic mass is 16.6. The fourth-order valence-corrected chi connectivity index (χ4v) is 3.52. The summed E-state index contributed by atoms with van der Waals surface area (Å²) < 4.78 is 22.0. The number of hydrogen-bond donors (Lipinski definition) is 2. The average Bonchev–Trinajstić information content (AvgIpc) is 2.76. The second-order valence-electron chi connectivity index (χ2n) is 7.57. The molecule has 2 aromatic carbocycles. The molecule has 2 atom stereocenters. The zero-order valence-electron chi connectivity index (χ0n) is 18.2. The average molecular weight is 415 g/mol. The van der Waals surface area contributed by atoms with Gasteiger partial charge in [0, 0.05) is 5.56 Å². The van der Waals surface area contributed by atoms with Crippen molar-refractivity contribution >= 4 is 6.03 Å². The Morgan fingerprint density at radius 2 is 1.67 bits per heavy atom. The Bertz CT molecular complexity index is 884. The molecule has 162 valence electrons. The maximum Gasteiger partial charge on any atom is 0.315 e. The van der Waals surface area contributed by atoms with Crippen LogP contribution in [0.25, 0.3) is 0 Å². The molecule has 2 aromatic rings. The molecule has 0 aliphatic carbocycles. The summed E-state index contributed by atoms with van der Waals surface area (Å²) in [7, 11) is 3.21. The lowest BCUT2D eigenvalue weighted by Gasteiger charge is -2.26. The van der Waals surface area contributed by atoms with Crippen LogP contribution in [0.15, 0.2) is 36.4 Å². The second-order valence-corrected chi connectivity index (χ2v) is 7.57. The van der Waals surface area contributed by atoms with E-state index in [0.717, 1.165) is 16.9 Å². The number of rotatable bonds is 7. The molecule has 0 bridgehead atoms. The van der Waals surface area contributed by atoms with E-state index >= 15 is 0 Å². The zero-order chi connectivity index (χ0) is 21.7. The normalized spacial score (nSPS) is 14.6. The minimum absolute atomic E-state index is 0.180. The molecule has 0 saturated heterocycles. The number of benzene rings is 2. The van der Waals surface area contributed by atoms with Crippen LogP contribution in [0.2, 0.25) is 0 Å². The molecule has 7 heteroatoms. The van der Waals surface area contributed by atoms with Crippen molar-refractivity contribution in [3.8, 4) is 23.0 Å². The van der Waals surface area contributed by atoms with Gasteiger partial charge in [0.05, 0.1) is 26.3 Å². The molecule has 0 unspecified atom stereocenters. The predicted octanol–water partition coefficient (Wildman–Crippen LogP) is 4.23. The largest absolute Gasteiger partial charge is 0.497 e. The first kappa shape index (κ1) is 21.6. The summed E-state index contributed by atoms with van der Waals surface area (Å²) in [5, 5.41) is 6.09. The van der Waals surface area contributed by atoms with Gasteiger partial charge in [-0.15, -0.1) is 0 Å². The number of urea groups is 1. The topological polar surface area (TPSA) is 78.1 Å². The van der Waals surface area contributed by atoms with E-state index in [2.05, 4.69) is 24.5 Å². The van der Waals surface area contributed by atoms with E-state index in [1.807, 2.05) is 43.3 Å². The van der Waals surface area contributed by atoms with Crippen molar-refractivity contribution in [1.82, 2.24) is 10.6 Å². The quantitative estimate of drug-likeness (QED) is 0.709. The first-order chi connectivity index (χ1) is 14.4. The molecule has 3 rings (SSSR count). The number of fused-ring (bicyclic) bond motifs is 1. The van der Waals surface area contributed by atoms with Crippen LogP contribution in [0.1, 0.15) is 44.0 Å². The van der Waals surface area contributed by atoms with Gasteiger partial charge in [-0.3, -0.25) is 0 Å². The minimum atomic E-state index is -0.275. The van der Waals surface area contributed by atoms with Gasteiger partial charge in [0.15, 0.2) is 11.5 Å². The molecule has 1 aliphatic heterocycles. The Morgan fingerprint density at radius 3 is 2.33 bits per heavy atom. The first-order valence-electron chi connectivity index (χ1n) is 10.1. The van der Waals surface area contributed by atoms with E-state index in [1.165, 1.54) is 0 Å². The lowest BCUT2D eigenvalue weighted by molar-refractivity contribution is 0.171. The molecule has 0 radical (unpaired) electrons. The number of nitrogens with one attached hydrogen (secondary N) is 2. The Kier molecular flexibility index (Phi) is 6.92. The van der Waals surface area contributed by atoms with Crippen LogP contribution in [0.3, 0.4) is 0 Å². The van der Waals surface area contributed by atoms with Gasteiger partial charge in [-0.25, -0.2) is 4.79 Å². The van der Waals surface area contributed by atoms with E-state index in [1.54, 1.807) is 14.2 Å². The van der Waals surface area contributed by atoms with Gasteiger partial charge in [0.1, 0.15) is 24.7 Å². The van der Waals surface area contributed by atoms with Gasteiger partial charge < -0.3 is 29.6 Å². The van der Waals surface area contributed by atoms with Gasteiger partial charge in [-0.05, 0) is 48.7 Å². The Morgan fingerprint density at radius 1 is 0.933 bits per heavy atom. The molecule has 1 aliphatic rings. The number of amides is 2. The molecule has 2 N–H and O–H groups in total. The molecule has 2 amide bonds. The van der Waals surface area contributed by atoms with Crippen molar-refractivity contribution < 1.29 is 23.7 Å².